The molecule has 0 fully saturated rings. The molecular formula is C22H16Cl2O8. The van der Waals surface area contributed by atoms with Gasteiger partial charge in [0.25, 0.3) is 0 Å². The van der Waals surface area contributed by atoms with Gasteiger partial charge in [0.1, 0.15) is 11.5 Å². The highest BCUT2D eigenvalue weighted by Crippen LogP contribution is 2.41. The number of rotatable bonds is 3. The lowest BCUT2D eigenvalue weighted by molar-refractivity contribution is -0.156. The Labute approximate surface area is 192 Å². The molecule has 0 saturated carbocycles. The van der Waals surface area contributed by atoms with Crippen LogP contribution in [0.15, 0.2) is 36.4 Å². The highest BCUT2D eigenvalue weighted by Gasteiger charge is 2.55. The van der Waals surface area contributed by atoms with Crippen LogP contribution in [0.5, 0.6) is 11.5 Å². The van der Waals surface area contributed by atoms with Gasteiger partial charge in [-0.15, -0.1) is 0 Å². The average molecular weight is 479 g/mol. The van der Waals surface area contributed by atoms with E-state index in [4.69, 9.17) is 42.1 Å². The zero-order valence-corrected chi connectivity index (χ0v) is 18.3. The van der Waals surface area contributed by atoms with Crippen LogP contribution in [0, 0.1) is 11.8 Å². The first-order valence-electron chi connectivity index (χ1n) is 9.43. The molecule has 8 nitrogen and oxygen atoms in total. The fourth-order valence-electron chi connectivity index (χ4n) is 3.91. The number of esters is 2. The molecule has 0 amide bonds. The van der Waals surface area contributed by atoms with Gasteiger partial charge in [-0.1, -0.05) is 23.2 Å². The third-order valence-corrected chi connectivity index (χ3v) is 5.87. The molecule has 0 radical (unpaired) electrons. The summed E-state index contributed by atoms with van der Waals surface area (Å²) < 4.78 is 21.5. The van der Waals surface area contributed by atoms with Crippen molar-refractivity contribution in [2.75, 3.05) is 14.2 Å². The fourth-order valence-corrected chi connectivity index (χ4v) is 4.25. The topological polar surface area (TPSA) is 105 Å². The minimum absolute atomic E-state index is 0.0769. The molecule has 2 aliphatic heterocycles. The van der Waals surface area contributed by atoms with E-state index in [2.05, 4.69) is 0 Å². The summed E-state index contributed by atoms with van der Waals surface area (Å²) in [5.41, 5.74) is 0.154. The number of hydrogen-bond acceptors (Lipinski definition) is 8. The third kappa shape index (κ3) is 3.59. The third-order valence-electron chi connectivity index (χ3n) is 5.40. The first kappa shape index (κ1) is 22.1. The molecule has 2 aliphatic rings. The Balaban J connectivity index is 1.85. The lowest BCUT2D eigenvalue weighted by Gasteiger charge is -2.40. The Morgan fingerprint density at radius 3 is 1.47 bits per heavy atom. The predicted octanol–water partition coefficient (Wildman–Crippen LogP) is 3.16. The van der Waals surface area contributed by atoms with Gasteiger partial charge in [0.2, 0.25) is 0 Å². The number of fused-ring (bicyclic) bond motifs is 2. The van der Waals surface area contributed by atoms with E-state index in [1.54, 1.807) is 0 Å². The predicted molar refractivity (Wildman–Crippen MR) is 111 cm³/mol. The molecule has 0 N–H and O–H groups in total. The highest BCUT2D eigenvalue weighted by atomic mass is 35.5. The van der Waals surface area contributed by atoms with Crippen molar-refractivity contribution in [2.24, 2.45) is 11.8 Å². The first-order valence-corrected chi connectivity index (χ1v) is 10.2. The molecule has 2 aromatic rings. The van der Waals surface area contributed by atoms with Crippen molar-refractivity contribution in [3.63, 3.8) is 0 Å². The summed E-state index contributed by atoms with van der Waals surface area (Å²) in [7, 11) is 2.23. The van der Waals surface area contributed by atoms with Gasteiger partial charge in [-0.05, 0) is 36.4 Å². The molecule has 2 heterocycles. The molecule has 32 heavy (non-hydrogen) atoms. The van der Waals surface area contributed by atoms with Crippen LogP contribution in [0.3, 0.4) is 0 Å². The van der Waals surface area contributed by atoms with Crippen LogP contribution in [0.4, 0.5) is 0 Å². The highest BCUT2D eigenvalue weighted by molar-refractivity contribution is 6.31. The lowest BCUT2D eigenvalue weighted by atomic mass is 9.79. The second kappa shape index (κ2) is 8.44. The molecule has 4 rings (SSSR count). The van der Waals surface area contributed by atoms with Crippen LogP contribution in [-0.2, 0) is 19.1 Å². The van der Waals surface area contributed by atoms with Crippen LogP contribution in [0.1, 0.15) is 20.7 Å². The molecule has 0 spiro atoms. The molecule has 0 aromatic heterocycles. The molecule has 2 aromatic carbocycles. The largest absolute Gasteiger partial charge is 0.484 e. The van der Waals surface area contributed by atoms with E-state index >= 15 is 0 Å². The first-order chi connectivity index (χ1) is 15.3. The molecule has 0 aliphatic carbocycles. The number of hydrogen-bond donors (Lipinski definition) is 0. The normalized spacial score (nSPS) is 23.9. The number of carbonyl (C=O) groups excluding carboxylic acids is 4. The lowest BCUT2D eigenvalue weighted by Crippen LogP contribution is -2.58. The second-order valence-electron chi connectivity index (χ2n) is 7.18. The number of Topliss-reactive ketones (excluding diaryl/α,β-unsaturated/α-hetero) is 2. The quantitative estimate of drug-likeness (QED) is 0.489. The molecule has 10 heteroatoms. The Morgan fingerprint density at radius 2 is 1.12 bits per heavy atom. The summed E-state index contributed by atoms with van der Waals surface area (Å²) >= 11 is 12.0. The summed E-state index contributed by atoms with van der Waals surface area (Å²) in [6, 6.07) is 8.67. The van der Waals surface area contributed by atoms with Gasteiger partial charge in [0.15, 0.2) is 35.6 Å². The van der Waals surface area contributed by atoms with Gasteiger partial charge < -0.3 is 18.9 Å². The van der Waals surface area contributed by atoms with Crippen LogP contribution in [0.25, 0.3) is 0 Å². The zero-order chi connectivity index (χ0) is 23.2. The SMILES string of the molecule is COC(=O)C1C(=O)c2cc(Cl)ccc2OC1C1Oc2ccc(Cl)cc2C(=O)C1C(=O)OC. The fraction of sp³-hybridized carbons (Fsp3) is 0.273. The Bertz CT molecular complexity index is 1060. The van der Waals surface area contributed by atoms with E-state index in [1.807, 2.05) is 0 Å². The summed E-state index contributed by atoms with van der Waals surface area (Å²) in [6.07, 6.45) is -2.72. The summed E-state index contributed by atoms with van der Waals surface area (Å²) in [5.74, 6) is -5.84. The summed E-state index contributed by atoms with van der Waals surface area (Å²) in [5, 5.41) is 0.537. The van der Waals surface area contributed by atoms with Crippen molar-refractivity contribution in [1.82, 2.24) is 0 Å². The van der Waals surface area contributed by atoms with E-state index in [0.29, 0.717) is 0 Å². The van der Waals surface area contributed by atoms with E-state index in [9.17, 15) is 19.2 Å². The van der Waals surface area contributed by atoms with Gasteiger partial charge >= 0.3 is 11.9 Å². The molecular weight excluding hydrogens is 463 g/mol. The number of benzene rings is 2. The second-order valence-corrected chi connectivity index (χ2v) is 8.05. The van der Waals surface area contributed by atoms with E-state index in [1.165, 1.54) is 36.4 Å². The standard InChI is InChI=1S/C22H16Cl2O8/c1-29-21(27)15-17(25)11-7-9(23)3-5-13(11)31-19(15)20-16(22(28)30-2)18(26)12-8-10(24)4-6-14(12)32-20/h3-8,15-16,19-20H,1-2H3. The molecule has 0 bridgehead atoms. The van der Waals surface area contributed by atoms with Crippen LogP contribution >= 0.6 is 23.2 Å². The molecule has 166 valence electrons. The van der Waals surface area contributed by atoms with E-state index < -0.39 is 47.5 Å². The maximum Gasteiger partial charge on any atom is 0.320 e. The minimum Gasteiger partial charge on any atom is -0.484 e. The van der Waals surface area contributed by atoms with Crippen LogP contribution in [0.2, 0.25) is 10.0 Å². The minimum atomic E-state index is -1.51. The maximum atomic E-state index is 13.2. The van der Waals surface area contributed by atoms with Crippen molar-refractivity contribution >= 4 is 46.7 Å². The zero-order valence-electron chi connectivity index (χ0n) is 16.8. The van der Waals surface area contributed by atoms with Gasteiger partial charge in [0.05, 0.1) is 25.3 Å². The van der Waals surface area contributed by atoms with Crippen molar-refractivity contribution in [3.8, 4) is 11.5 Å². The number of carbonyl (C=O) groups is 4. The number of methoxy groups -OCH3 is 2. The number of halogens is 2. The Morgan fingerprint density at radius 1 is 0.750 bits per heavy atom. The van der Waals surface area contributed by atoms with Crippen molar-refractivity contribution < 1.29 is 38.1 Å². The van der Waals surface area contributed by atoms with E-state index in [-0.39, 0.29) is 32.7 Å². The number of ketones is 2. The van der Waals surface area contributed by atoms with E-state index in [0.717, 1.165) is 14.2 Å². The molecule has 0 saturated heterocycles. The molecule has 4 unspecified atom stereocenters. The Hall–Kier alpha value is -3.10. The van der Waals surface area contributed by atoms with Gasteiger partial charge in [-0.3, -0.25) is 19.2 Å². The smallest absolute Gasteiger partial charge is 0.320 e. The van der Waals surface area contributed by atoms with Crippen LogP contribution in [-0.4, -0.2) is 49.9 Å². The Kier molecular flexibility index (Phi) is 5.83. The van der Waals surface area contributed by atoms with Gasteiger partial charge in [-0.25, -0.2) is 0 Å². The number of ether oxygens (including phenoxy) is 4. The van der Waals surface area contributed by atoms with Crippen LogP contribution < -0.4 is 9.47 Å². The van der Waals surface area contributed by atoms with Crippen molar-refractivity contribution in [1.29, 1.82) is 0 Å². The van der Waals surface area contributed by atoms with Crippen molar-refractivity contribution in [2.45, 2.75) is 12.2 Å². The maximum absolute atomic E-state index is 13.2. The van der Waals surface area contributed by atoms with Crippen molar-refractivity contribution in [3.05, 3.63) is 57.6 Å². The summed E-state index contributed by atoms with van der Waals surface area (Å²) in [4.78, 5) is 51.7. The van der Waals surface area contributed by atoms with Gasteiger partial charge in [0, 0.05) is 10.0 Å². The average Bonchev–Trinajstić information content (AvgIpc) is 2.78. The monoisotopic (exact) mass is 478 g/mol. The van der Waals surface area contributed by atoms with Gasteiger partial charge in [-0.2, -0.15) is 0 Å². The summed E-state index contributed by atoms with van der Waals surface area (Å²) in [6.45, 7) is 0. The molecule has 4 atom stereocenters.